The molecule has 1 aliphatic heterocycles. The van der Waals surface area contributed by atoms with Crippen LogP contribution in [-0.2, 0) is 14.3 Å². The van der Waals surface area contributed by atoms with E-state index in [-0.39, 0.29) is 31.0 Å². The van der Waals surface area contributed by atoms with E-state index in [1.807, 2.05) is 6.92 Å². The van der Waals surface area contributed by atoms with E-state index in [9.17, 15) is 9.59 Å². The van der Waals surface area contributed by atoms with Gasteiger partial charge in [0.15, 0.2) is 0 Å². The van der Waals surface area contributed by atoms with Gasteiger partial charge in [0.05, 0.1) is 31.4 Å². The van der Waals surface area contributed by atoms with Crippen molar-refractivity contribution in [1.29, 1.82) is 0 Å². The molecule has 2 rings (SSSR count). The molecule has 0 aromatic carbocycles. The van der Waals surface area contributed by atoms with Crippen molar-refractivity contribution >= 4 is 17.8 Å². The highest BCUT2D eigenvalue weighted by atomic mass is 16.5. The Labute approximate surface area is 122 Å². The molecule has 1 fully saturated rings. The molecule has 0 saturated carbocycles. The maximum Gasteiger partial charge on any atom is 0.310 e. The van der Waals surface area contributed by atoms with Gasteiger partial charge in [0.25, 0.3) is 0 Å². The quantitative estimate of drug-likeness (QED) is 0.780. The van der Waals surface area contributed by atoms with Crippen molar-refractivity contribution in [2.75, 3.05) is 31.6 Å². The highest BCUT2D eigenvalue weighted by molar-refractivity contribution is 5.91. The van der Waals surface area contributed by atoms with Crippen LogP contribution in [0.3, 0.4) is 0 Å². The lowest BCUT2D eigenvalue weighted by Gasteiger charge is -2.28. The van der Waals surface area contributed by atoms with E-state index in [1.165, 1.54) is 0 Å². The van der Waals surface area contributed by atoms with Crippen molar-refractivity contribution in [3.05, 3.63) is 11.8 Å². The summed E-state index contributed by atoms with van der Waals surface area (Å²) < 4.78 is 10.1. The van der Waals surface area contributed by atoms with Crippen LogP contribution in [-0.4, -0.2) is 59.4 Å². The number of carboxylic acid groups (broad SMARTS) is 1. The summed E-state index contributed by atoms with van der Waals surface area (Å²) in [5.74, 6) is -1.50. The number of carbonyl (C=O) groups excluding carboxylic acids is 1. The second-order valence-corrected chi connectivity index (χ2v) is 4.99. The van der Waals surface area contributed by atoms with Crippen LogP contribution < -0.4 is 5.32 Å². The Hall–Kier alpha value is -1.93. The first-order chi connectivity index (χ1) is 10.0. The molecular formula is C13H19N3O5. The minimum absolute atomic E-state index is 0.0774. The SMILES string of the molecule is CCN(CC(=O)Nc1cc(C)no1)C1COCC1C(=O)O. The lowest BCUT2D eigenvalue weighted by molar-refractivity contribution is -0.143. The Kier molecular flexibility index (Phi) is 4.92. The van der Waals surface area contributed by atoms with Crippen LogP contribution in [0.15, 0.2) is 10.6 Å². The number of aromatic nitrogens is 1. The van der Waals surface area contributed by atoms with Gasteiger partial charge in [0, 0.05) is 12.1 Å². The first kappa shape index (κ1) is 15.5. The minimum atomic E-state index is -0.901. The second kappa shape index (κ2) is 6.68. The molecule has 21 heavy (non-hydrogen) atoms. The summed E-state index contributed by atoms with van der Waals surface area (Å²) in [6, 6.07) is 1.32. The zero-order valence-electron chi connectivity index (χ0n) is 12.0. The maximum atomic E-state index is 12.0. The predicted molar refractivity (Wildman–Crippen MR) is 72.8 cm³/mol. The lowest BCUT2D eigenvalue weighted by Crippen LogP contribution is -2.46. The number of anilines is 1. The molecule has 8 heteroatoms. The van der Waals surface area contributed by atoms with Gasteiger partial charge in [0.2, 0.25) is 11.8 Å². The van der Waals surface area contributed by atoms with Crippen LogP contribution >= 0.6 is 0 Å². The Morgan fingerprint density at radius 2 is 2.29 bits per heavy atom. The van der Waals surface area contributed by atoms with E-state index in [2.05, 4.69) is 10.5 Å². The van der Waals surface area contributed by atoms with Crippen LogP contribution in [0.4, 0.5) is 5.88 Å². The van der Waals surface area contributed by atoms with Gasteiger partial charge in [-0.15, -0.1) is 0 Å². The summed E-state index contributed by atoms with van der Waals surface area (Å²) in [6.45, 7) is 4.77. The molecule has 2 N–H and O–H groups in total. The van der Waals surface area contributed by atoms with E-state index in [1.54, 1.807) is 17.9 Å². The van der Waals surface area contributed by atoms with Crippen LogP contribution in [0, 0.1) is 12.8 Å². The monoisotopic (exact) mass is 297 g/mol. The number of aliphatic carboxylic acids is 1. The number of aryl methyl sites for hydroxylation is 1. The fourth-order valence-corrected chi connectivity index (χ4v) is 2.39. The molecule has 2 unspecified atom stereocenters. The highest BCUT2D eigenvalue weighted by Gasteiger charge is 2.38. The molecule has 1 saturated heterocycles. The van der Waals surface area contributed by atoms with E-state index in [4.69, 9.17) is 14.4 Å². The largest absolute Gasteiger partial charge is 0.481 e. The third-order valence-corrected chi connectivity index (χ3v) is 3.48. The number of nitrogens with one attached hydrogen (secondary N) is 1. The fraction of sp³-hybridized carbons (Fsp3) is 0.615. The maximum absolute atomic E-state index is 12.0. The van der Waals surface area contributed by atoms with Gasteiger partial charge in [-0.2, -0.15) is 0 Å². The summed E-state index contributed by atoms with van der Waals surface area (Å²) in [6.07, 6.45) is 0. The summed E-state index contributed by atoms with van der Waals surface area (Å²) in [4.78, 5) is 25.0. The third-order valence-electron chi connectivity index (χ3n) is 3.48. The van der Waals surface area contributed by atoms with Gasteiger partial charge in [-0.05, 0) is 13.5 Å². The predicted octanol–water partition coefficient (Wildman–Crippen LogP) is 0.343. The van der Waals surface area contributed by atoms with Gasteiger partial charge in [-0.1, -0.05) is 12.1 Å². The Morgan fingerprint density at radius 1 is 1.52 bits per heavy atom. The zero-order chi connectivity index (χ0) is 15.4. The van der Waals surface area contributed by atoms with E-state index in [0.29, 0.717) is 18.8 Å². The first-order valence-corrected chi connectivity index (χ1v) is 6.79. The summed E-state index contributed by atoms with van der Waals surface area (Å²) in [5, 5.41) is 15.4. The molecule has 2 heterocycles. The summed E-state index contributed by atoms with van der Waals surface area (Å²) in [5.41, 5.74) is 0.674. The molecule has 1 aliphatic rings. The van der Waals surface area contributed by atoms with Gasteiger partial charge in [-0.3, -0.25) is 19.8 Å². The second-order valence-electron chi connectivity index (χ2n) is 4.99. The summed E-state index contributed by atoms with van der Waals surface area (Å²) in [7, 11) is 0. The number of hydrogen-bond acceptors (Lipinski definition) is 6. The van der Waals surface area contributed by atoms with Crippen molar-refractivity contribution in [2.24, 2.45) is 5.92 Å². The number of nitrogens with zero attached hydrogens (tertiary/aromatic N) is 2. The lowest BCUT2D eigenvalue weighted by atomic mass is 10.0. The highest BCUT2D eigenvalue weighted by Crippen LogP contribution is 2.20. The van der Waals surface area contributed by atoms with E-state index >= 15 is 0 Å². The van der Waals surface area contributed by atoms with Crippen molar-refractivity contribution in [3.63, 3.8) is 0 Å². The number of rotatable bonds is 6. The van der Waals surface area contributed by atoms with Crippen LogP contribution in [0.5, 0.6) is 0 Å². The number of carboxylic acids is 1. The third kappa shape index (κ3) is 3.79. The summed E-state index contributed by atoms with van der Waals surface area (Å²) >= 11 is 0. The number of hydrogen-bond donors (Lipinski definition) is 2. The minimum Gasteiger partial charge on any atom is -0.481 e. The van der Waals surface area contributed by atoms with Crippen molar-refractivity contribution in [3.8, 4) is 0 Å². The molecule has 8 nitrogen and oxygen atoms in total. The fourth-order valence-electron chi connectivity index (χ4n) is 2.39. The molecule has 0 aliphatic carbocycles. The zero-order valence-corrected chi connectivity index (χ0v) is 12.0. The standard InChI is InChI=1S/C13H19N3O5/c1-3-16(10-7-20-6-9(10)13(18)19)5-11(17)14-12-4-8(2)15-21-12/h4,9-10H,3,5-7H2,1-2H3,(H,14,17)(H,18,19). The number of carbonyl (C=O) groups is 2. The average molecular weight is 297 g/mol. The Balaban J connectivity index is 1.95. The molecule has 0 radical (unpaired) electrons. The molecule has 0 spiro atoms. The molecule has 116 valence electrons. The molecule has 0 bridgehead atoms. The smallest absolute Gasteiger partial charge is 0.310 e. The number of likely N-dealkylation sites (N-methyl/N-ethyl adjacent to an activating group) is 1. The average Bonchev–Trinajstić information content (AvgIpc) is 3.05. The Morgan fingerprint density at radius 3 is 2.86 bits per heavy atom. The number of ether oxygens (including phenoxy) is 1. The van der Waals surface area contributed by atoms with Crippen molar-refractivity contribution in [1.82, 2.24) is 10.1 Å². The molecular weight excluding hydrogens is 278 g/mol. The van der Waals surface area contributed by atoms with Crippen LogP contribution in [0.1, 0.15) is 12.6 Å². The normalized spacial score (nSPS) is 21.7. The van der Waals surface area contributed by atoms with E-state index < -0.39 is 11.9 Å². The van der Waals surface area contributed by atoms with Crippen molar-refractivity contribution < 1.29 is 24.0 Å². The van der Waals surface area contributed by atoms with Crippen molar-refractivity contribution in [2.45, 2.75) is 19.9 Å². The number of amides is 1. The van der Waals surface area contributed by atoms with Crippen LogP contribution in [0.2, 0.25) is 0 Å². The van der Waals surface area contributed by atoms with Gasteiger partial charge in [0.1, 0.15) is 0 Å². The molecule has 1 aromatic heterocycles. The van der Waals surface area contributed by atoms with E-state index in [0.717, 1.165) is 0 Å². The molecule has 1 amide bonds. The van der Waals surface area contributed by atoms with Gasteiger partial charge >= 0.3 is 5.97 Å². The first-order valence-electron chi connectivity index (χ1n) is 6.79. The topological polar surface area (TPSA) is 105 Å². The van der Waals surface area contributed by atoms with Gasteiger partial charge in [-0.25, -0.2) is 0 Å². The van der Waals surface area contributed by atoms with Gasteiger partial charge < -0.3 is 14.4 Å². The molecule has 2 atom stereocenters. The Bertz CT molecular complexity index is 516. The molecule has 1 aromatic rings. The van der Waals surface area contributed by atoms with Crippen LogP contribution in [0.25, 0.3) is 0 Å².